The van der Waals surface area contributed by atoms with Crippen molar-refractivity contribution in [3.63, 3.8) is 0 Å². The molecule has 1 aromatic heterocycles. The fraction of sp³-hybridized carbons (Fsp3) is 0.465. The van der Waals surface area contributed by atoms with Gasteiger partial charge in [-0.05, 0) is 91.3 Å². The number of aromatic nitrogens is 1. The van der Waals surface area contributed by atoms with E-state index in [1.807, 2.05) is 37.3 Å². The minimum atomic E-state index is -0.968. The molecule has 13 heteroatoms. The van der Waals surface area contributed by atoms with Crippen molar-refractivity contribution in [2.45, 2.75) is 91.6 Å². The lowest BCUT2D eigenvalue weighted by Gasteiger charge is -2.63. The number of hydrogen-bond acceptors (Lipinski definition) is 10. The van der Waals surface area contributed by atoms with Crippen LogP contribution in [0, 0.1) is 35.0 Å². The van der Waals surface area contributed by atoms with Gasteiger partial charge in [0.15, 0.2) is 0 Å². The van der Waals surface area contributed by atoms with E-state index in [1.54, 1.807) is 18.3 Å². The molecule has 0 bridgehead atoms. The maximum absolute atomic E-state index is 13.4. The minimum absolute atomic E-state index is 0.0931. The van der Waals surface area contributed by atoms with Crippen LogP contribution in [0.5, 0.6) is 5.75 Å². The quantitative estimate of drug-likeness (QED) is 0.313. The Morgan fingerprint density at radius 2 is 1.61 bits per heavy atom. The Morgan fingerprint density at radius 3 is 2.18 bits per heavy atom. The van der Waals surface area contributed by atoms with Gasteiger partial charge >= 0.3 is 0 Å². The number of nitriles is 1. The molecule has 8 rings (SSSR count). The number of fused-ring (bicyclic) bond motifs is 2. The van der Waals surface area contributed by atoms with Crippen molar-refractivity contribution >= 4 is 35.2 Å². The highest BCUT2D eigenvalue weighted by Gasteiger charge is 2.64. The zero-order valence-corrected chi connectivity index (χ0v) is 32.5. The number of piperidine rings is 2. The number of nitrogens with one attached hydrogen (secondary N) is 2. The zero-order chi connectivity index (χ0) is 39.7. The third-order valence-electron chi connectivity index (χ3n) is 12.7. The number of carbonyl (C=O) groups is 5. The Hall–Kier alpha value is -5.61. The number of benzene rings is 2. The maximum Gasteiger partial charge on any atom is 0.270 e. The highest BCUT2D eigenvalue weighted by Crippen LogP contribution is 2.55. The van der Waals surface area contributed by atoms with Crippen LogP contribution in [-0.4, -0.2) is 82.1 Å². The summed E-state index contributed by atoms with van der Waals surface area (Å²) in [6.45, 7) is 14.3. The molecule has 1 saturated carbocycles. The summed E-state index contributed by atoms with van der Waals surface area (Å²) in [6, 6.07) is 14.0. The van der Waals surface area contributed by atoms with E-state index >= 15 is 0 Å². The third-order valence-corrected chi connectivity index (χ3v) is 12.7. The van der Waals surface area contributed by atoms with Gasteiger partial charge in [0.2, 0.25) is 11.8 Å². The molecule has 56 heavy (non-hydrogen) atoms. The lowest BCUT2D eigenvalue weighted by Crippen LogP contribution is -2.74. The van der Waals surface area contributed by atoms with Crippen molar-refractivity contribution in [2.24, 2.45) is 16.7 Å². The predicted octanol–water partition coefficient (Wildman–Crippen LogP) is 4.51. The lowest BCUT2D eigenvalue weighted by molar-refractivity contribution is -0.164. The van der Waals surface area contributed by atoms with E-state index in [1.165, 1.54) is 0 Å². The van der Waals surface area contributed by atoms with Crippen LogP contribution in [0.25, 0.3) is 0 Å². The van der Waals surface area contributed by atoms with Gasteiger partial charge in [-0.2, -0.15) is 5.26 Å². The normalized spacial score (nSPS) is 24.2. The van der Waals surface area contributed by atoms with Crippen LogP contribution in [0.2, 0.25) is 0 Å². The van der Waals surface area contributed by atoms with Crippen molar-refractivity contribution in [1.29, 1.82) is 5.26 Å². The van der Waals surface area contributed by atoms with E-state index in [4.69, 9.17) is 4.74 Å². The van der Waals surface area contributed by atoms with E-state index < -0.39 is 29.7 Å². The second-order valence-electron chi connectivity index (χ2n) is 17.3. The largest absolute Gasteiger partial charge is 0.489 e. The Labute approximate surface area is 326 Å². The number of pyridine rings is 1. The monoisotopic (exact) mass is 757 g/mol. The molecular weight excluding hydrogens is 711 g/mol. The SMILES string of the molecule is Cc1cc(OC2C(C)(C)C(NC(=O)c3ccc(N4CCC(CN5Cc6cc7c(cc6C5)C(=O)N(C5CCC(=O)NC5=O)C7=O)CC4)cn3)C2(C)C)ccc1C#N. The molecule has 13 nitrogen and oxygen atoms in total. The summed E-state index contributed by atoms with van der Waals surface area (Å²) in [5.74, 6) is -0.963. The third kappa shape index (κ3) is 6.39. The first-order valence-corrected chi connectivity index (χ1v) is 19.4. The molecule has 3 aromatic rings. The summed E-state index contributed by atoms with van der Waals surface area (Å²) in [5, 5.41) is 14.8. The Kier molecular flexibility index (Phi) is 9.23. The molecule has 1 atom stereocenters. The van der Waals surface area contributed by atoms with Crippen molar-refractivity contribution in [3.8, 4) is 11.8 Å². The average Bonchev–Trinajstić information content (AvgIpc) is 3.67. The van der Waals surface area contributed by atoms with Gasteiger partial charge in [-0.1, -0.05) is 27.7 Å². The van der Waals surface area contributed by atoms with Crippen LogP contribution in [0.15, 0.2) is 48.7 Å². The molecule has 2 N–H and O–H groups in total. The molecule has 1 unspecified atom stereocenters. The standard InChI is InChI=1S/C43H47N7O6/c1-24-16-30(8-6-26(24)19-44)56-41-42(2,3)40(43(41,4)5)47-36(52)33-9-7-29(20-45-33)49-14-12-25(13-15-49)21-48-22-27-17-31-32(18-28(27)23-48)39(55)50(38(31)54)34-10-11-35(51)46-37(34)53/h6-9,16-18,20,25,34,40-41H,10-15,21-23H2,1-5H3,(H,47,52)(H,46,51,53). The number of ether oxygens (including phenoxy) is 1. The summed E-state index contributed by atoms with van der Waals surface area (Å²) in [7, 11) is 0. The highest BCUT2D eigenvalue weighted by atomic mass is 16.5. The van der Waals surface area contributed by atoms with Gasteiger partial charge in [-0.25, -0.2) is 4.98 Å². The fourth-order valence-electron chi connectivity index (χ4n) is 9.99. The molecule has 5 heterocycles. The summed E-state index contributed by atoms with van der Waals surface area (Å²) >= 11 is 0. The van der Waals surface area contributed by atoms with E-state index in [9.17, 15) is 29.2 Å². The molecular formula is C43H47N7O6. The Balaban J connectivity index is 0.822. The van der Waals surface area contributed by atoms with Crippen LogP contribution in [0.1, 0.15) is 107 Å². The van der Waals surface area contributed by atoms with Crippen LogP contribution in [0.4, 0.5) is 5.69 Å². The fourth-order valence-corrected chi connectivity index (χ4v) is 9.99. The maximum atomic E-state index is 13.4. The smallest absolute Gasteiger partial charge is 0.270 e. The van der Waals surface area contributed by atoms with Gasteiger partial charge in [-0.3, -0.25) is 39.1 Å². The summed E-state index contributed by atoms with van der Waals surface area (Å²) < 4.78 is 6.44. The molecule has 5 aliphatic rings. The average molecular weight is 758 g/mol. The second-order valence-corrected chi connectivity index (χ2v) is 17.3. The van der Waals surface area contributed by atoms with Crippen LogP contribution >= 0.6 is 0 Å². The Morgan fingerprint density at radius 1 is 0.946 bits per heavy atom. The number of carbonyl (C=O) groups excluding carboxylic acids is 5. The number of hydrogen-bond donors (Lipinski definition) is 2. The minimum Gasteiger partial charge on any atom is -0.489 e. The van der Waals surface area contributed by atoms with Crippen LogP contribution < -0.4 is 20.3 Å². The summed E-state index contributed by atoms with van der Waals surface area (Å²) in [5.41, 5.74) is 4.87. The molecule has 3 fully saturated rings. The first kappa shape index (κ1) is 37.3. The predicted molar refractivity (Wildman–Crippen MR) is 206 cm³/mol. The highest BCUT2D eigenvalue weighted by molar-refractivity contribution is 6.23. The number of aryl methyl sites for hydroxylation is 1. The van der Waals surface area contributed by atoms with Crippen molar-refractivity contribution in [1.82, 2.24) is 25.4 Å². The number of amides is 5. The van der Waals surface area contributed by atoms with Crippen molar-refractivity contribution in [2.75, 3.05) is 24.5 Å². The van der Waals surface area contributed by atoms with E-state index in [-0.39, 0.29) is 41.7 Å². The van der Waals surface area contributed by atoms with Gasteiger partial charge in [0.1, 0.15) is 23.6 Å². The summed E-state index contributed by atoms with van der Waals surface area (Å²) in [4.78, 5) is 74.4. The molecule has 0 radical (unpaired) electrons. The summed E-state index contributed by atoms with van der Waals surface area (Å²) in [6.07, 6.45) is 3.87. The first-order valence-electron chi connectivity index (χ1n) is 19.4. The van der Waals surface area contributed by atoms with E-state index in [0.29, 0.717) is 47.1 Å². The van der Waals surface area contributed by atoms with Crippen molar-refractivity contribution < 1.29 is 28.7 Å². The van der Waals surface area contributed by atoms with Gasteiger partial charge in [-0.15, -0.1) is 0 Å². The van der Waals surface area contributed by atoms with Gasteiger partial charge < -0.3 is 15.0 Å². The topological polar surface area (TPSA) is 165 Å². The molecule has 5 amide bonds. The number of rotatable bonds is 8. The molecule has 0 spiro atoms. The first-order chi connectivity index (χ1) is 26.6. The number of nitrogens with zero attached hydrogens (tertiary/aromatic N) is 5. The van der Waals surface area contributed by atoms with Crippen LogP contribution in [-0.2, 0) is 22.7 Å². The molecule has 2 saturated heterocycles. The number of imide groups is 2. The van der Waals surface area contributed by atoms with Gasteiger partial charge in [0, 0.05) is 56.0 Å². The van der Waals surface area contributed by atoms with Gasteiger partial charge in [0.25, 0.3) is 17.7 Å². The lowest BCUT2D eigenvalue weighted by atomic mass is 9.49. The van der Waals surface area contributed by atoms with Gasteiger partial charge in [0.05, 0.1) is 34.6 Å². The van der Waals surface area contributed by atoms with E-state index in [2.05, 4.69) is 59.2 Å². The second kappa shape index (κ2) is 13.8. The van der Waals surface area contributed by atoms with Crippen molar-refractivity contribution in [3.05, 3.63) is 87.7 Å². The van der Waals surface area contributed by atoms with Crippen LogP contribution in [0.3, 0.4) is 0 Å². The molecule has 290 valence electrons. The number of anilines is 1. The molecule has 4 aliphatic heterocycles. The Bertz CT molecular complexity index is 2140. The van der Waals surface area contributed by atoms with E-state index in [0.717, 1.165) is 59.8 Å². The molecule has 1 aliphatic carbocycles. The molecule has 2 aromatic carbocycles. The zero-order valence-electron chi connectivity index (χ0n) is 32.5.